The average Bonchev–Trinajstić information content (AvgIpc) is 3.31. The zero-order valence-corrected chi connectivity index (χ0v) is 16.7. The summed E-state index contributed by atoms with van der Waals surface area (Å²) >= 11 is 0. The molecule has 1 N–H and O–H groups in total. The minimum absolute atomic E-state index is 0.0191. The fourth-order valence-electron chi connectivity index (χ4n) is 3.68. The van der Waals surface area contributed by atoms with Gasteiger partial charge in [-0.1, -0.05) is 0 Å². The van der Waals surface area contributed by atoms with Gasteiger partial charge in [0.25, 0.3) is 0 Å². The molecule has 0 bridgehead atoms. The highest BCUT2D eigenvalue weighted by Crippen LogP contribution is 2.40. The van der Waals surface area contributed by atoms with Crippen LogP contribution in [-0.4, -0.2) is 65.3 Å². The monoisotopic (exact) mass is 395 g/mol. The number of hydrogen-bond acceptors (Lipinski definition) is 7. The highest BCUT2D eigenvalue weighted by Gasteiger charge is 2.40. The van der Waals surface area contributed by atoms with E-state index in [4.69, 9.17) is 14.2 Å². The summed E-state index contributed by atoms with van der Waals surface area (Å²) in [5.74, 6) is 1.73. The van der Waals surface area contributed by atoms with E-state index in [1.807, 2.05) is 24.3 Å². The summed E-state index contributed by atoms with van der Waals surface area (Å²) in [6.07, 6.45) is 3.84. The van der Waals surface area contributed by atoms with Crippen LogP contribution >= 0.6 is 0 Å². The van der Waals surface area contributed by atoms with Gasteiger partial charge in [0.05, 0.1) is 30.5 Å². The quantitative estimate of drug-likeness (QED) is 0.687. The number of anilines is 1. The molecule has 2 aromatic heterocycles. The summed E-state index contributed by atoms with van der Waals surface area (Å²) in [7, 11) is 1.69. The van der Waals surface area contributed by atoms with E-state index in [-0.39, 0.29) is 11.7 Å². The third kappa shape index (κ3) is 3.77. The highest BCUT2D eigenvalue weighted by atomic mass is 16.5. The largest absolute Gasteiger partial charge is 0.488 e. The number of benzene rings is 1. The molecule has 1 atom stereocenters. The number of ether oxygens (including phenoxy) is 3. The van der Waals surface area contributed by atoms with Gasteiger partial charge in [0, 0.05) is 31.7 Å². The molecular formula is C21H25N5O3. The Morgan fingerprint density at radius 1 is 1.28 bits per heavy atom. The van der Waals surface area contributed by atoms with Crippen molar-refractivity contribution in [2.24, 2.45) is 0 Å². The molecule has 1 aromatic carbocycles. The van der Waals surface area contributed by atoms with Gasteiger partial charge in [-0.15, -0.1) is 0 Å². The maximum Gasteiger partial charge on any atom is 0.132 e. The van der Waals surface area contributed by atoms with E-state index in [0.717, 1.165) is 59.8 Å². The minimum atomic E-state index is -0.0191. The van der Waals surface area contributed by atoms with E-state index in [1.165, 1.54) is 0 Å². The van der Waals surface area contributed by atoms with Crippen LogP contribution in [0.2, 0.25) is 0 Å². The number of aromatic nitrogens is 4. The van der Waals surface area contributed by atoms with Crippen molar-refractivity contribution in [1.82, 2.24) is 20.2 Å². The van der Waals surface area contributed by atoms with Crippen molar-refractivity contribution in [2.45, 2.75) is 31.5 Å². The zero-order valence-electron chi connectivity index (χ0n) is 16.7. The molecule has 1 aliphatic carbocycles. The van der Waals surface area contributed by atoms with Crippen LogP contribution in [0.4, 0.5) is 5.82 Å². The molecule has 5 rings (SSSR count). The Morgan fingerprint density at radius 3 is 3.00 bits per heavy atom. The van der Waals surface area contributed by atoms with Crippen LogP contribution < -0.4 is 9.64 Å². The van der Waals surface area contributed by atoms with Crippen LogP contribution in [0, 0.1) is 0 Å². The lowest BCUT2D eigenvalue weighted by molar-refractivity contribution is -0.0102. The Hall–Kier alpha value is -2.71. The molecule has 0 radical (unpaired) electrons. The van der Waals surface area contributed by atoms with E-state index in [2.05, 4.69) is 32.0 Å². The molecular weight excluding hydrogens is 370 g/mol. The van der Waals surface area contributed by atoms with Gasteiger partial charge < -0.3 is 19.1 Å². The molecule has 29 heavy (non-hydrogen) atoms. The normalized spacial score (nSPS) is 20.8. The van der Waals surface area contributed by atoms with Crippen molar-refractivity contribution in [1.29, 1.82) is 0 Å². The maximum absolute atomic E-state index is 6.13. The van der Waals surface area contributed by atoms with Crippen molar-refractivity contribution >= 4 is 16.7 Å². The molecule has 2 aliphatic rings. The molecule has 1 saturated carbocycles. The summed E-state index contributed by atoms with van der Waals surface area (Å²) in [6, 6.07) is 8.03. The van der Waals surface area contributed by atoms with Crippen molar-refractivity contribution < 1.29 is 14.2 Å². The lowest BCUT2D eigenvalue weighted by atomic mass is 10.1. The van der Waals surface area contributed by atoms with Crippen LogP contribution in [0.3, 0.4) is 0 Å². The second-order valence-corrected chi connectivity index (χ2v) is 7.99. The van der Waals surface area contributed by atoms with Crippen LogP contribution in [0.1, 0.15) is 19.8 Å². The predicted molar refractivity (Wildman–Crippen MR) is 109 cm³/mol. The number of nitrogens with zero attached hydrogens (tertiary/aromatic N) is 4. The van der Waals surface area contributed by atoms with Gasteiger partial charge in [-0.3, -0.25) is 5.10 Å². The first-order valence-corrected chi connectivity index (χ1v) is 9.99. The lowest BCUT2D eigenvalue weighted by Crippen LogP contribution is -2.44. The molecule has 1 aliphatic heterocycles. The van der Waals surface area contributed by atoms with Gasteiger partial charge in [-0.2, -0.15) is 5.10 Å². The number of morpholine rings is 1. The van der Waals surface area contributed by atoms with Gasteiger partial charge in [-0.05, 0) is 38.0 Å². The van der Waals surface area contributed by atoms with E-state index in [1.54, 1.807) is 13.4 Å². The van der Waals surface area contributed by atoms with Crippen molar-refractivity contribution in [3.05, 3.63) is 30.6 Å². The Kier molecular flexibility index (Phi) is 4.60. The topological polar surface area (TPSA) is 85.4 Å². The third-order valence-electron chi connectivity index (χ3n) is 5.56. The molecule has 152 valence electrons. The fraction of sp³-hybridized carbons (Fsp3) is 0.476. The minimum Gasteiger partial charge on any atom is -0.488 e. The first-order chi connectivity index (χ1) is 14.1. The Balaban J connectivity index is 1.44. The predicted octanol–water partition coefficient (Wildman–Crippen LogP) is 2.80. The first-order valence-electron chi connectivity index (χ1n) is 9.99. The number of H-pyrrole nitrogens is 1. The molecule has 0 amide bonds. The van der Waals surface area contributed by atoms with Crippen molar-refractivity contribution in [2.75, 3.05) is 38.3 Å². The lowest BCUT2D eigenvalue weighted by Gasteiger charge is -2.33. The average molecular weight is 395 g/mol. The summed E-state index contributed by atoms with van der Waals surface area (Å²) in [5.41, 5.74) is 2.52. The highest BCUT2D eigenvalue weighted by molar-refractivity contribution is 5.93. The van der Waals surface area contributed by atoms with Crippen LogP contribution in [0.5, 0.6) is 5.75 Å². The number of rotatable bonds is 6. The SMILES string of the molecule is COC[C@H]1CN(c2cc(-c3n[nH]c4ccc(OC5(C)CC5)cc34)ncn2)CCO1. The van der Waals surface area contributed by atoms with Crippen molar-refractivity contribution in [3.63, 3.8) is 0 Å². The summed E-state index contributed by atoms with van der Waals surface area (Å²) in [4.78, 5) is 11.2. The number of nitrogens with one attached hydrogen (secondary N) is 1. The molecule has 3 aromatic rings. The smallest absolute Gasteiger partial charge is 0.132 e. The summed E-state index contributed by atoms with van der Waals surface area (Å²) in [6.45, 7) is 4.89. The molecule has 3 heterocycles. The zero-order chi connectivity index (χ0) is 19.8. The van der Waals surface area contributed by atoms with Gasteiger partial charge in [0.1, 0.15) is 29.2 Å². The maximum atomic E-state index is 6.13. The number of fused-ring (bicyclic) bond motifs is 1. The fourth-order valence-corrected chi connectivity index (χ4v) is 3.68. The van der Waals surface area contributed by atoms with E-state index < -0.39 is 0 Å². The molecule has 2 fully saturated rings. The molecule has 8 heteroatoms. The standard InChI is InChI=1S/C21H25N5O3/c1-21(5-6-21)29-14-3-4-17-16(9-14)20(25-24-17)18-10-19(23-13-22-18)26-7-8-28-15(11-26)12-27-2/h3-4,9-10,13,15H,5-8,11-12H2,1-2H3,(H,24,25)/t15-/m1/s1. The van der Waals surface area contributed by atoms with E-state index in [9.17, 15) is 0 Å². The molecule has 8 nitrogen and oxygen atoms in total. The second-order valence-electron chi connectivity index (χ2n) is 7.99. The van der Waals surface area contributed by atoms with E-state index in [0.29, 0.717) is 13.2 Å². The van der Waals surface area contributed by atoms with Crippen LogP contribution in [0.25, 0.3) is 22.3 Å². The van der Waals surface area contributed by atoms with Gasteiger partial charge in [-0.25, -0.2) is 9.97 Å². The molecule has 1 saturated heterocycles. The Morgan fingerprint density at radius 2 is 2.17 bits per heavy atom. The van der Waals surface area contributed by atoms with Gasteiger partial charge >= 0.3 is 0 Å². The van der Waals surface area contributed by atoms with Crippen LogP contribution in [-0.2, 0) is 9.47 Å². The first kappa shape index (κ1) is 18.3. The van der Waals surface area contributed by atoms with Crippen molar-refractivity contribution in [3.8, 4) is 17.1 Å². The third-order valence-corrected chi connectivity index (χ3v) is 5.56. The van der Waals surface area contributed by atoms with Gasteiger partial charge in [0.2, 0.25) is 0 Å². The molecule has 0 unspecified atom stereocenters. The second kappa shape index (κ2) is 7.27. The number of methoxy groups -OCH3 is 1. The Labute approximate surface area is 169 Å². The van der Waals surface area contributed by atoms with E-state index >= 15 is 0 Å². The Bertz CT molecular complexity index is 1010. The number of hydrogen-bond donors (Lipinski definition) is 1. The summed E-state index contributed by atoms with van der Waals surface area (Å²) in [5, 5.41) is 8.61. The number of aromatic amines is 1. The van der Waals surface area contributed by atoms with Crippen LogP contribution in [0.15, 0.2) is 30.6 Å². The molecule has 0 spiro atoms. The summed E-state index contributed by atoms with van der Waals surface area (Å²) < 4.78 is 17.1. The van der Waals surface area contributed by atoms with Gasteiger partial charge in [0.15, 0.2) is 0 Å².